The van der Waals surface area contributed by atoms with Crippen LogP contribution in [0.5, 0.6) is 0 Å². The summed E-state index contributed by atoms with van der Waals surface area (Å²) in [6.07, 6.45) is 0. The van der Waals surface area contributed by atoms with Gasteiger partial charge in [0.25, 0.3) is 0 Å². The van der Waals surface area contributed by atoms with E-state index in [1.807, 2.05) is 24.3 Å². The van der Waals surface area contributed by atoms with Crippen molar-refractivity contribution in [3.63, 3.8) is 0 Å². The van der Waals surface area contributed by atoms with Gasteiger partial charge in [0.05, 0.1) is 4.90 Å². The van der Waals surface area contributed by atoms with Gasteiger partial charge in [0.1, 0.15) is 0 Å². The molecule has 2 N–H and O–H groups in total. The first kappa shape index (κ1) is 15.0. The summed E-state index contributed by atoms with van der Waals surface area (Å²) in [7, 11) is -1.95. The summed E-state index contributed by atoms with van der Waals surface area (Å²) >= 11 is 3.42. The molecule has 0 amide bonds. The predicted octanol–water partition coefficient (Wildman–Crippen LogP) is 2.85. The molecule has 0 bridgehead atoms. The SMILES string of the molecule is CN(Cc1ccccc1Br)S(=O)(=O)c1ccc(N)cc1. The van der Waals surface area contributed by atoms with Crippen LogP contribution in [0.4, 0.5) is 5.69 Å². The molecule has 6 heteroatoms. The molecule has 0 atom stereocenters. The third kappa shape index (κ3) is 3.20. The maximum atomic E-state index is 12.4. The van der Waals surface area contributed by atoms with E-state index in [0.717, 1.165) is 10.0 Å². The summed E-state index contributed by atoms with van der Waals surface area (Å²) in [5, 5.41) is 0. The van der Waals surface area contributed by atoms with Gasteiger partial charge in [0.2, 0.25) is 10.0 Å². The van der Waals surface area contributed by atoms with Gasteiger partial charge in [-0.3, -0.25) is 0 Å². The van der Waals surface area contributed by atoms with Crippen molar-refractivity contribution in [3.8, 4) is 0 Å². The van der Waals surface area contributed by atoms with E-state index in [1.54, 1.807) is 19.2 Å². The largest absolute Gasteiger partial charge is 0.399 e. The molecule has 0 radical (unpaired) electrons. The van der Waals surface area contributed by atoms with E-state index in [4.69, 9.17) is 5.73 Å². The molecule has 2 aromatic rings. The Bertz CT molecular complexity index is 699. The van der Waals surface area contributed by atoms with E-state index in [9.17, 15) is 8.42 Å². The fraction of sp³-hybridized carbons (Fsp3) is 0.143. The van der Waals surface area contributed by atoms with Crippen LogP contribution < -0.4 is 5.73 Å². The molecule has 106 valence electrons. The summed E-state index contributed by atoms with van der Waals surface area (Å²) < 4.78 is 27.1. The highest BCUT2D eigenvalue weighted by molar-refractivity contribution is 9.10. The zero-order valence-corrected chi connectivity index (χ0v) is 13.4. The van der Waals surface area contributed by atoms with Crippen LogP contribution in [0.2, 0.25) is 0 Å². The number of sulfonamides is 1. The first-order valence-electron chi connectivity index (χ1n) is 5.96. The van der Waals surface area contributed by atoms with Gasteiger partial charge in [-0.05, 0) is 35.9 Å². The average Bonchev–Trinajstić information content (AvgIpc) is 2.41. The lowest BCUT2D eigenvalue weighted by molar-refractivity contribution is 0.466. The number of rotatable bonds is 4. The van der Waals surface area contributed by atoms with Crippen molar-refractivity contribution < 1.29 is 8.42 Å². The molecule has 0 aliphatic carbocycles. The highest BCUT2D eigenvalue weighted by Gasteiger charge is 2.21. The van der Waals surface area contributed by atoms with E-state index in [0.29, 0.717) is 12.2 Å². The molecule has 0 aromatic heterocycles. The number of benzene rings is 2. The molecule has 0 spiro atoms. The van der Waals surface area contributed by atoms with Crippen molar-refractivity contribution in [3.05, 3.63) is 58.6 Å². The van der Waals surface area contributed by atoms with Gasteiger partial charge >= 0.3 is 0 Å². The number of nitrogens with two attached hydrogens (primary N) is 1. The first-order chi connectivity index (χ1) is 9.41. The van der Waals surface area contributed by atoms with Gasteiger partial charge in [0.15, 0.2) is 0 Å². The second-order valence-corrected chi connectivity index (χ2v) is 7.32. The van der Waals surface area contributed by atoms with Crippen molar-refractivity contribution in [2.75, 3.05) is 12.8 Å². The molecule has 20 heavy (non-hydrogen) atoms. The summed E-state index contributed by atoms with van der Waals surface area (Å²) in [5.41, 5.74) is 7.03. The second-order valence-electron chi connectivity index (χ2n) is 4.42. The van der Waals surface area contributed by atoms with E-state index in [1.165, 1.54) is 16.4 Å². The van der Waals surface area contributed by atoms with Crippen molar-refractivity contribution in [2.24, 2.45) is 0 Å². The molecule has 0 saturated heterocycles. The van der Waals surface area contributed by atoms with Gasteiger partial charge in [-0.1, -0.05) is 34.1 Å². The number of halogens is 1. The Morgan fingerprint density at radius 3 is 2.30 bits per heavy atom. The van der Waals surface area contributed by atoms with Gasteiger partial charge < -0.3 is 5.73 Å². The molecular weight excluding hydrogens is 340 g/mol. The summed E-state index contributed by atoms with van der Waals surface area (Å²) in [6.45, 7) is 0.300. The van der Waals surface area contributed by atoms with Crippen molar-refractivity contribution >= 4 is 31.6 Å². The predicted molar refractivity (Wildman–Crippen MR) is 83.6 cm³/mol. The lowest BCUT2D eigenvalue weighted by Gasteiger charge is -2.18. The van der Waals surface area contributed by atoms with Crippen LogP contribution in [0, 0.1) is 0 Å². The van der Waals surface area contributed by atoms with E-state index >= 15 is 0 Å². The Hall–Kier alpha value is -1.37. The zero-order chi connectivity index (χ0) is 14.8. The van der Waals surface area contributed by atoms with Crippen LogP contribution in [0.25, 0.3) is 0 Å². The van der Waals surface area contributed by atoms with E-state index < -0.39 is 10.0 Å². The summed E-state index contributed by atoms with van der Waals surface area (Å²) in [4.78, 5) is 0.237. The first-order valence-corrected chi connectivity index (χ1v) is 8.20. The molecule has 0 aliphatic heterocycles. The van der Waals surface area contributed by atoms with Gasteiger partial charge in [-0.25, -0.2) is 8.42 Å². The smallest absolute Gasteiger partial charge is 0.243 e. The fourth-order valence-electron chi connectivity index (χ4n) is 1.77. The van der Waals surface area contributed by atoms with Crippen LogP contribution in [0.1, 0.15) is 5.56 Å². The van der Waals surface area contributed by atoms with Crippen LogP contribution in [0.15, 0.2) is 57.9 Å². The molecule has 0 saturated carbocycles. The molecular formula is C14H15BrN2O2S. The Kier molecular flexibility index (Phi) is 4.47. The van der Waals surface area contributed by atoms with E-state index in [2.05, 4.69) is 15.9 Å². The molecule has 0 aliphatic rings. The number of nitrogens with zero attached hydrogens (tertiary/aromatic N) is 1. The van der Waals surface area contributed by atoms with E-state index in [-0.39, 0.29) is 4.90 Å². The highest BCUT2D eigenvalue weighted by atomic mass is 79.9. The summed E-state index contributed by atoms with van der Waals surface area (Å²) in [5.74, 6) is 0. The number of hydrogen-bond acceptors (Lipinski definition) is 3. The number of nitrogen functional groups attached to an aromatic ring is 1. The van der Waals surface area contributed by atoms with Crippen LogP contribution >= 0.6 is 15.9 Å². The van der Waals surface area contributed by atoms with Crippen molar-refractivity contribution in [2.45, 2.75) is 11.4 Å². The second kappa shape index (κ2) is 5.95. The van der Waals surface area contributed by atoms with Crippen molar-refractivity contribution in [1.29, 1.82) is 0 Å². The Morgan fingerprint density at radius 2 is 1.70 bits per heavy atom. The highest BCUT2D eigenvalue weighted by Crippen LogP contribution is 2.21. The molecule has 2 rings (SSSR count). The lowest BCUT2D eigenvalue weighted by atomic mass is 10.2. The van der Waals surface area contributed by atoms with Crippen molar-refractivity contribution in [1.82, 2.24) is 4.31 Å². The molecule has 2 aromatic carbocycles. The maximum absolute atomic E-state index is 12.4. The molecule has 0 fully saturated rings. The Balaban J connectivity index is 2.26. The Morgan fingerprint density at radius 1 is 1.10 bits per heavy atom. The molecule has 0 heterocycles. The minimum Gasteiger partial charge on any atom is -0.399 e. The minimum atomic E-state index is -3.51. The monoisotopic (exact) mass is 354 g/mol. The third-order valence-corrected chi connectivity index (χ3v) is 5.53. The average molecular weight is 355 g/mol. The minimum absolute atomic E-state index is 0.237. The standard InChI is InChI=1S/C14H15BrN2O2S/c1-17(10-11-4-2-3-5-14(11)15)20(18,19)13-8-6-12(16)7-9-13/h2-9H,10,16H2,1H3. The Labute approximate surface area is 127 Å². The van der Waals surface area contributed by atoms with Crippen LogP contribution in [-0.2, 0) is 16.6 Å². The molecule has 0 unspecified atom stereocenters. The number of anilines is 1. The normalized spacial score (nSPS) is 11.8. The maximum Gasteiger partial charge on any atom is 0.243 e. The van der Waals surface area contributed by atoms with Crippen LogP contribution in [0.3, 0.4) is 0 Å². The number of hydrogen-bond donors (Lipinski definition) is 1. The third-order valence-electron chi connectivity index (χ3n) is 2.94. The van der Waals surface area contributed by atoms with Gasteiger partial charge in [-0.2, -0.15) is 4.31 Å². The topological polar surface area (TPSA) is 63.4 Å². The van der Waals surface area contributed by atoms with Gasteiger partial charge in [-0.15, -0.1) is 0 Å². The van der Waals surface area contributed by atoms with Gasteiger partial charge in [0, 0.05) is 23.8 Å². The quantitative estimate of drug-likeness (QED) is 0.858. The summed E-state index contributed by atoms with van der Waals surface area (Å²) in [6, 6.07) is 13.7. The molecule has 4 nitrogen and oxygen atoms in total. The van der Waals surface area contributed by atoms with Crippen LogP contribution in [-0.4, -0.2) is 19.8 Å². The zero-order valence-electron chi connectivity index (χ0n) is 11.0. The fourth-order valence-corrected chi connectivity index (χ4v) is 3.33. The lowest BCUT2D eigenvalue weighted by Crippen LogP contribution is -2.26.